The van der Waals surface area contributed by atoms with Crippen molar-refractivity contribution in [2.24, 2.45) is 0 Å². The second kappa shape index (κ2) is 11.4. The first-order valence-corrected chi connectivity index (χ1v) is 12.0. The standard InChI is InChI=1S/C21H35N5O3S/c1-6-15-13-22-19(23-14-15)26-10-7-16(8-11-26)24-18(27)17(9-12-30-5)25-20(28)29-21(2,3)4/h13-14,16-17H,6-12H2,1-5H3,(H,24,27)(H,25,28)/t17-/m0/s1. The van der Waals surface area contributed by atoms with E-state index < -0.39 is 17.7 Å². The smallest absolute Gasteiger partial charge is 0.408 e. The van der Waals surface area contributed by atoms with Crippen molar-refractivity contribution in [3.05, 3.63) is 18.0 Å². The molecule has 0 spiro atoms. The summed E-state index contributed by atoms with van der Waals surface area (Å²) in [6.45, 7) is 9.05. The van der Waals surface area contributed by atoms with Crippen molar-refractivity contribution in [2.75, 3.05) is 30.0 Å². The molecular formula is C21H35N5O3S. The van der Waals surface area contributed by atoms with Gasteiger partial charge in [0.1, 0.15) is 11.6 Å². The first kappa shape index (κ1) is 24.2. The molecule has 1 saturated heterocycles. The molecule has 0 saturated carbocycles. The van der Waals surface area contributed by atoms with Gasteiger partial charge in [0.2, 0.25) is 11.9 Å². The predicted molar refractivity (Wildman–Crippen MR) is 121 cm³/mol. The van der Waals surface area contributed by atoms with Gasteiger partial charge in [0, 0.05) is 31.5 Å². The number of alkyl carbamates (subject to hydrolysis) is 1. The largest absolute Gasteiger partial charge is 0.444 e. The molecule has 30 heavy (non-hydrogen) atoms. The molecule has 168 valence electrons. The van der Waals surface area contributed by atoms with Gasteiger partial charge in [-0.05, 0) is 64.0 Å². The zero-order valence-electron chi connectivity index (χ0n) is 18.7. The number of carbonyl (C=O) groups is 2. The number of rotatable bonds is 8. The third-order valence-electron chi connectivity index (χ3n) is 4.84. The van der Waals surface area contributed by atoms with E-state index in [0.717, 1.165) is 49.6 Å². The summed E-state index contributed by atoms with van der Waals surface area (Å²) >= 11 is 1.64. The lowest BCUT2D eigenvalue weighted by molar-refractivity contribution is -0.124. The number of piperidine rings is 1. The van der Waals surface area contributed by atoms with Crippen molar-refractivity contribution in [1.82, 2.24) is 20.6 Å². The van der Waals surface area contributed by atoms with E-state index >= 15 is 0 Å². The Labute approximate surface area is 183 Å². The van der Waals surface area contributed by atoms with Crippen LogP contribution in [-0.4, -0.2) is 64.8 Å². The molecule has 1 aromatic rings. The number of carbonyl (C=O) groups excluding carboxylic acids is 2. The molecule has 2 N–H and O–H groups in total. The summed E-state index contributed by atoms with van der Waals surface area (Å²) in [5, 5.41) is 5.83. The second-order valence-corrected chi connectivity index (χ2v) is 9.48. The van der Waals surface area contributed by atoms with Gasteiger partial charge in [-0.15, -0.1) is 0 Å². The topological polar surface area (TPSA) is 96.5 Å². The number of nitrogens with zero attached hydrogens (tertiary/aromatic N) is 3. The van der Waals surface area contributed by atoms with Gasteiger partial charge in [-0.25, -0.2) is 14.8 Å². The Morgan fingerprint density at radius 1 is 1.27 bits per heavy atom. The van der Waals surface area contributed by atoms with Crippen LogP contribution < -0.4 is 15.5 Å². The number of aromatic nitrogens is 2. The van der Waals surface area contributed by atoms with Crippen molar-refractivity contribution >= 4 is 29.7 Å². The van der Waals surface area contributed by atoms with Crippen molar-refractivity contribution < 1.29 is 14.3 Å². The fourth-order valence-electron chi connectivity index (χ4n) is 3.17. The number of amides is 2. The third-order valence-corrected chi connectivity index (χ3v) is 5.49. The average molecular weight is 438 g/mol. The number of anilines is 1. The molecule has 9 heteroatoms. The quantitative estimate of drug-likeness (QED) is 0.645. The first-order chi connectivity index (χ1) is 14.2. The normalized spacial score (nSPS) is 16.1. The summed E-state index contributed by atoms with van der Waals surface area (Å²) in [6, 6.07) is -0.531. The van der Waals surface area contributed by atoms with Crippen molar-refractivity contribution in [1.29, 1.82) is 0 Å². The van der Waals surface area contributed by atoms with Gasteiger partial charge in [0.05, 0.1) is 0 Å². The minimum Gasteiger partial charge on any atom is -0.444 e. The molecule has 2 heterocycles. The van der Waals surface area contributed by atoms with Gasteiger partial charge >= 0.3 is 6.09 Å². The fraction of sp³-hybridized carbons (Fsp3) is 0.714. The summed E-state index contributed by atoms with van der Waals surface area (Å²) in [5.41, 5.74) is 0.518. The monoisotopic (exact) mass is 437 g/mol. The lowest BCUT2D eigenvalue weighted by atomic mass is 10.0. The molecule has 2 rings (SSSR count). The average Bonchev–Trinajstić information content (AvgIpc) is 2.70. The molecule has 2 amide bonds. The molecule has 8 nitrogen and oxygen atoms in total. The second-order valence-electron chi connectivity index (χ2n) is 8.50. The SMILES string of the molecule is CCc1cnc(N2CCC(NC(=O)[C@H](CCSC)NC(=O)OC(C)(C)C)CC2)nc1. The van der Waals surface area contributed by atoms with Crippen LogP contribution >= 0.6 is 11.8 Å². The minimum absolute atomic E-state index is 0.0703. The Bertz CT molecular complexity index is 685. The molecule has 0 bridgehead atoms. The summed E-state index contributed by atoms with van der Waals surface area (Å²) in [6.07, 6.45) is 8.26. The van der Waals surface area contributed by atoms with Gasteiger partial charge in [0.25, 0.3) is 0 Å². The van der Waals surface area contributed by atoms with Crippen LogP contribution in [0.4, 0.5) is 10.7 Å². The van der Waals surface area contributed by atoms with Crippen LogP contribution in [0.3, 0.4) is 0 Å². The summed E-state index contributed by atoms with van der Waals surface area (Å²) < 4.78 is 5.31. The van der Waals surface area contributed by atoms with Crippen LogP contribution in [-0.2, 0) is 16.0 Å². The molecule has 1 aliphatic heterocycles. The lowest BCUT2D eigenvalue weighted by Crippen LogP contribution is -2.53. The Morgan fingerprint density at radius 3 is 2.43 bits per heavy atom. The molecule has 1 fully saturated rings. The van der Waals surface area contributed by atoms with Gasteiger partial charge in [-0.2, -0.15) is 11.8 Å². The summed E-state index contributed by atoms with van der Waals surface area (Å²) in [4.78, 5) is 36.0. The number of nitrogens with one attached hydrogen (secondary N) is 2. The van der Waals surface area contributed by atoms with Gasteiger partial charge in [-0.3, -0.25) is 4.79 Å². The van der Waals surface area contributed by atoms with Crippen LogP contribution in [0.15, 0.2) is 12.4 Å². The third kappa shape index (κ3) is 8.01. The lowest BCUT2D eigenvalue weighted by Gasteiger charge is -2.33. The van der Waals surface area contributed by atoms with Crippen LogP contribution in [0.1, 0.15) is 52.5 Å². The van der Waals surface area contributed by atoms with Crippen LogP contribution in [0.25, 0.3) is 0 Å². The van der Waals surface area contributed by atoms with E-state index in [9.17, 15) is 9.59 Å². The number of thioether (sulfide) groups is 1. The molecule has 1 aliphatic rings. The predicted octanol–water partition coefficient (Wildman–Crippen LogP) is 2.77. The van der Waals surface area contributed by atoms with E-state index in [-0.39, 0.29) is 11.9 Å². The Balaban J connectivity index is 1.86. The van der Waals surface area contributed by atoms with E-state index in [4.69, 9.17) is 4.74 Å². The molecule has 0 unspecified atom stereocenters. The molecular weight excluding hydrogens is 402 g/mol. The van der Waals surface area contributed by atoms with Crippen molar-refractivity contribution in [3.63, 3.8) is 0 Å². The molecule has 0 radical (unpaired) electrons. The maximum absolute atomic E-state index is 12.8. The number of hydrogen-bond donors (Lipinski definition) is 2. The Kier molecular flexibility index (Phi) is 9.20. The highest BCUT2D eigenvalue weighted by Gasteiger charge is 2.28. The highest BCUT2D eigenvalue weighted by atomic mass is 32.2. The van der Waals surface area contributed by atoms with Crippen LogP contribution in [0.2, 0.25) is 0 Å². The van der Waals surface area contributed by atoms with Gasteiger partial charge in [-0.1, -0.05) is 6.92 Å². The highest BCUT2D eigenvalue weighted by molar-refractivity contribution is 7.98. The van der Waals surface area contributed by atoms with E-state index in [2.05, 4.69) is 32.4 Å². The van der Waals surface area contributed by atoms with E-state index in [1.165, 1.54) is 0 Å². The molecule has 1 aromatic heterocycles. The van der Waals surface area contributed by atoms with E-state index in [1.54, 1.807) is 32.5 Å². The Morgan fingerprint density at radius 2 is 1.90 bits per heavy atom. The molecule has 0 aliphatic carbocycles. The van der Waals surface area contributed by atoms with Gasteiger partial charge < -0.3 is 20.3 Å². The highest BCUT2D eigenvalue weighted by Crippen LogP contribution is 2.16. The summed E-state index contributed by atoms with van der Waals surface area (Å²) in [7, 11) is 0. The zero-order chi connectivity index (χ0) is 22.1. The number of hydrogen-bond acceptors (Lipinski definition) is 7. The summed E-state index contributed by atoms with van der Waals surface area (Å²) in [5.74, 6) is 1.36. The minimum atomic E-state index is -0.602. The van der Waals surface area contributed by atoms with Crippen LogP contribution in [0.5, 0.6) is 0 Å². The van der Waals surface area contributed by atoms with E-state index in [1.807, 2.05) is 18.6 Å². The first-order valence-electron chi connectivity index (χ1n) is 10.6. The van der Waals surface area contributed by atoms with Crippen LogP contribution in [0, 0.1) is 0 Å². The van der Waals surface area contributed by atoms with Crippen molar-refractivity contribution in [3.8, 4) is 0 Å². The Hall–Kier alpha value is -2.03. The van der Waals surface area contributed by atoms with E-state index in [0.29, 0.717) is 6.42 Å². The molecule has 1 atom stereocenters. The zero-order valence-corrected chi connectivity index (χ0v) is 19.6. The maximum atomic E-state index is 12.8. The number of ether oxygens (including phenoxy) is 1. The fourth-order valence-corrected chi connectivity index (χ4v) is 3.65. The van der Waals surface area contributed by atoms with Crippen molar-refractivity contribution in [2.45, 2.75) is 71.1 Å². The molecule has 0 aromatic carbocycles. The van der Waals surface area contributed by atoms with Gasteiger partial charge in [0.15, 0.2) is 0 Å². The number of aryl methyl sites for hydroxylation is 1. The maximum Gasteiger partial charge on any atom is 0.408 e.